The van der Waals surface area contributed by atoms with Gasteiger partial charge in [-0.25, -0.2) is 0 Å². The van der Waals surface area contributed by atoms with Crippen molar-refractivity contribution in [1.29, 1.82) is 0 Å². The Bertz CT molecular complexity index is 519. The summed E-state index contributed by atoms with van der Waals surface area (Å²) in [6.45, 7) is 0.496. The number of carbonyl (C=O) groups excluding carboxylic acids is 1. The van der Waals surface area contributed by atoms with E-state index in [9.17, 15) is 15.0 Å². The molecule has 0 aromatic rings. The standard InChI is InChI=1S/C11H15N5O3.2H2O/c12-10-14-8-7(9(19)15-10)13-5-16(8)3-11(4-18)1-6(11)2-17;;/h5-7,17-18H,1-4H2,(H2,12,15,19);2*1H2/t6-,7?,11-;;/m0../s1. The van der Waals surface area contributed by atoms with Crippen LogP contribution < -0.4 is 5.73 Å². The molecule has 0 aromatic heterocycles. The first kappa shape index (κ1) is 17.2. The quantitative estimate of drug-likeness (QED) is 0.481. The molecular weight excluding hydrogens is 282 g/mol. The Balaban J connectivity index is 0.00000110. The van der Waals surface area contributed by atoms with Gasteiger partial charge < -0.3 is 31.8 Å². The summed E-state index contributed by atoms with van der Waals surface area (Å²) in [5.74, 6) is 0.0397. The molecule has 3 rings (SSSR count). The van der Waals surface area contributed by atoms with Gasteiger partial charge in [0.05, 0.1) is 12.9 Å². The summed E-state index contributed by atoms with van der Waals surface area (Å²) in [5, 5.41) is 18.7. The maximum Gasteiger partial charge on any atom is 0.281 e. The van der Waals surface area contributed by atoms with Gasteiger partial charge in [0.2, 0.25) is 5.96 Å². The third kappa shape index (κ3) is 2.65. The van der Waals surface area contributed by atoms with Crippen LogP contribution in [0.15, 0.2) is 15.0 Å². The van der Waals surface area contributed by atoms with Gasteiger partial charge in [-0.2, -0.15) is 9.98 Å². The first-order valence-electron chi connectivity index (χ1n) is 6.08. The molecule has 0 saturated heterocycles. The number of guanidine groups is 1. The summed E-state index contributed by atoms with van der Waals surface area (Å²) in [7, 11) is 0. The Hall–Kier alpha value is -1.88. The second kappa shape index (κ2) is 5.85. The molecule has 10 heteroatoms. The Kier molecular flexibility index (Phi) is 4.79. The van der Waals surface area contributed by atoms with Crippen molar-refractivity contribution < 1.29 is 26.0 Å². The summed E-state index contributed by atoms with van der Waals surface area (Å²) in [4.78, 5) is 25.0. The number of hydrogen-bond acceptors (Lipinski definition) is 7. The molecular formula is C11H19N5O5. The number of nitrogens with two attached hydrogens (primary N) is 1. The Morgan fingerprint density at radius 1 is 1.38 bits per heavy atom. The second-order valence-electron chi connectivity index (χ2n) is 5.18. The first-order valence-corrected chi connectivity index (χ1v) is 6.08. The zero-order chi connectivity index (χ0) is 13.6. The highest BCUT2D eigenvalue weighted by Crippen LogP contribution is 2.52. The van der Waals surface area contributed by atoms with Crippen molar-refractivity contribution in [1.82, 2.24) is 4.90 Å². The number of aliphatic hydroxyl groups excluding tert-OH is 2. The van der Waals surface area contributed by atoms with Crippen LogP contribution in [0.1, 0.15) is 6.42 Å². The summed E-state index contributed by atoms with van der Waals surface area (Å²) < 4.78 is 0. The van der Waals surface area contributed by atoms with Gasteiger partial charge in [-0.05, 0) is 12.3 Å². The normalized spacial score (nSPS) is 32.7. The van der Waals surface area contributed by atoms with Crippen molar-refractivity contribution >= 4 is 24.0 Å². The Morgan fingerprint density at radius 2 is 2.10 bits per heavy atom. The van der Waals surface area contributed by atoms with E-state index in [1.165, 1.54) is 6.34 Å². The monoisotopic (exact) mass is 301 g/mol. The Labute approximate surface area is 120 Å². The van der Waals surface area contributed by atoms with Crippen molar-refractivity contribution in [2.24, 2.45) is 32.0 Å². The molecule has 0 bridgehead atoms. The van der Waals surface area contributed by atoms with E-state index in [2.05, 4.69) is 15.0 Å². The topological polar surface area (TPSA) is 187 Å². The van der Waals surface area contributed by atoms with Crippen LogP contribution in [0.4, 0.5) is 0 Å². The van der Waals surface area contributed by atoms with Crippen molar-refractivity contribution in [2.45, 2.75) is 12.5 Å². The van der Waals surface area contributed by atoms with Crippen molar-refractivity contribution in [3.8, 4) is 0 Å². The van der Waals surface area contributed by atoms with E-state index < -0.39 is 11.9 Å². The highest BCUT2D eigenvalue weighted by molar-refractivity contribution is 6.21. The summed E-state index contributed by atoms with van der Waals surface area (Å²) in [6, 6.07) is -0.714. The third-order valence-corrected chi connectivity index (χ3v) is 3.96. The van der Waals surface area contributed by atoms with Crippen LogP contribution in [-0.4, -0.2) is 75.9 Å². The van der Waals surface area contributed by atoms with Crippen LogP contribution in [0.25, 0.3) is 0 Å². The molecule has 3 aliphatic rings. The van der Waals surface area contributed by atoms with Crippen LogP contribution in [0.2, 0.25) is 0 Å². The molecule has 1 saturated carbocycles. The van der Waals surface area contributed by atoms with E-state index in [0.717, 1.165) is 6.42 Å². The lowest BCUT2D eigenvalue weighted by Gasteiger charge is -2.24. The zero-order valence-electron chi connectivity index (χ0n) is 11.2. The fourth-order valence-corrected chi connectivity index (χ4v) is 2.63. The van der Waals surface area contributed by atoms with Gasteiger partial charge in [0.1, 0.15) is 5.84 Å². The smallest absolute Gasteiger partial charge is 0.281 e. The summed E-state index contributed by atoms with van der Waals surface area (Å²) in [6.07, 6.45) is 2.28. The number of hydrogen-bond donors (Lipinski definition) is 3. The second-order valence-corrected chi connectivity index (χ2v) is 5.18. The molecule has 8 N–H and O–H groups in total. The van der Waals surface area contributed by atoms with Gasteiger partial charge >= 0.3 is 0 Å². The minimum atomic E-state index is -0.714. The van der Waals surface area contributed by atoms with Gasteiger partial charge in [0, 0.05) is 18.6 Å². The highest BCUT2D eigenvalue weighted by Gasteiger charge is 2.55. The summed E-state index contributed by atoms with van der Waals surface area (Å²) >= 11 is 0. The third-order valence-electron chi connectivity index (χ3n) is 3.96. The number of fused-ring (bicyclic) bond motifs is 1. The lowest BCUT2D eigenvalue weighted by Crippen LogP contribution is -2.43. The zero-order valence-corrected chi connectivity index (χ0v) is 11.2. The predicted molar refractivity (Wildman–Crippen MR) is 75.0 cm³/mol. The van der Waals surface area contributed by atoms with Gasteiger partial charge in [-0.3, -0.25) is 9.79 Å². The van der Waals surface area contributed by atoms with Crippen molar-refractivity contribution in [3.05, 3.63) is 0 Å². The number of aliphatic imine (C=N–C) groups is 3. The minimum Gasteiger partial charge on any atom is -0.412 e. The molecule has 1 aliphatic carbocycles. The number of aliphatic hydroxyl groups is 2. The predicted octanol–water partition coefficient (Wildman–Crippen LogP) is -3.71. The Morgan fingerprint density at radius 3 is 2.67 bits per heavy atom. The largest absolute Gasteiger partial charge is 0.412 e. The van der Waals surface area contributed by atoms with Crippen LogP contribution in [0, 0.1) is 11.3 Å². The fourth-order valence-electron chi connectivity index (χ4n) is 2.63. The fraction of sp³-hybridized carbons (Fsp3) is 0.636. The van der Waals surface area contributed by atoms with Gasteiger partial charge in [-0.15, -0.1) is 0 Å². The van der Waals surface area contributed by atoms with E-state index in [0.29, 0.717) is 12.4 Å². The molecule has 0 spiro atoms. The highest BCUT2D eigenvalue weighted by atomic mass is 16.3. The molecule has 118 valence electrons. The molecule has 3 atom stereocenters. The molecule has 1 unspecified atom stereocenters. The van der Waals surface area contributed by atoms with Crippen molar-refractivity contribution in [3.63, 3.8) is 0 Å². The van der Waals surface area contributed by atoms with Crippen LogP contribution in [-0.2, 0) is 4.79 Å². The average Bonchev–Trinajstić information content (AvgIpc) is 2.95. The molecule has 2 aliphatic heterocycles. The molecule has 0 aromatic carbocycles. The number of amides is 1. The average molecular weight is 301 g/mol. The van der Waals surface area contributed by atoms with Crippen LogP contribution in [0.3, 0.4) is 0 Å². The van der Waals surface area contributed by atoms with E-state index in [1.807, 2.05) is 0 Å². The molecule has 21 heavy (non-hydrogen) atoms. The molecule has 2 heterocycles. The first-order chi connectivity index (χ1) is 9.09. The molecule has 1 amide bonds. The van der Waals surface area contributed by atoms with Gasteiger partial charge in [0.25, 0.3) is 5.91 Å². The number of carbonyl (C=O) groups is 1. The van der Waals surface area contributed by atoms with Crippen LogP contribution in [0.5, 0.6) is 0 Å². The molecule has 1 fully saturated rings. The SMILES string of the molecule is NC1=NC(=O)C2N=CN(C[C@]3(CO)C[C@H]3CO)C2=N1.O.O. The number of rotatable bonds is 4. The van der Waals surface area contributed by atoms with E-state index in [1.54, 1.807) is 4.90 Å². The molecule has 0 radical (unpaired) electrons. The number of amidine groups is 1. The van der Waals surface area contributed by atoms with Crippen molar-refractivity contribution in [2.75, 3.05) is 19.8 Å². The maximum atomic E-state index is 11.6. The minimum absolute atomic E-state index is 0. The van der Waals surface area contributed by atoms with E-state index in [4.69, 9.17) is 5.73 Å². The van der Waals surface area contributed by atoms with E-state index in [-0.39, 0.29) is 41.5 Å². The number of nitrogens with zero attached hydrogens (tertiary/aromatic N) is 4. The molecule has 10 nitrogen and oxygen atoms in total. The lowest BCUT2D eigenvalue weighted by atomic mass is 10.0. The van der Waals surface area contributed by atoms with Crippen LogP contribution >= 0.6 is 0 Å². The van der Waals surface area contributed by atoms with Gasteiger partial charge in [-0.1, -0.05) is 0 Å². The maximum absolute atomic E-state index is 11.6. The summed E-state index contributed by atoms with van der Waals surface area (Å²) in [5.41, 5.74) is 5.14. The van der Waals surface area contributed by atoms with Gasteiger partial charge in [0.15, 0.2) is 6.04 Å². The van der Waals surface area contributed by atoms with E-state index >= 15 is 0 Å². The lowest BCUT2D eigenvalue weighted by molar-refractivity contribution is -0.117.